The first-order chi connectivity index (χ1) is 6.75. The number of allylic oxidation sites excluding steroid dienone is 5. The standard InChI is InChI=1S/C13H19N/c1-4-5-6-13(11(2)3)12-7-9-14-10-8-12/h4-7,14H,1,8-10H2,2-3H3/b6-5-. The summed E-state index contributed by atoms with van der Waals surface area (Å²) in [5.41, 5.74) is 4.20. The Labute approximate surface area is 86.9 Å². The highest BCUT2D eigenvalue weighted by Gasteiger charge is 2.06. The lowest BCUT2D eigenvalue weighted by molar-refractivity contribution is 0.708. The smallest absolute Gasteiger partial charge is 0.0140 e. The van der Waals surface area contributed by atoms with E-state index in [1.807, 2.05) is 12.2 Å². The minimum absolute atomic E-state index is 0.994. The molecule has 0 fully saturated rings. The van der Waals surface area contributed by atoms with Crippen molar-refractivity contribution >= 4 is 0 Å². The van der Waals surface area contributed by atoms with E-state index in [1.54, 1.807) is 0 Å². The van der Waals surface area contributed by atoms with Gasteiger partial charge in [-0.2, -0.15) is 0 Å². The lowest BCUT2D eigenvalue weighted by Crippen LogP contribution is -2.21. The van der Waals surface area contributed by atoms with Crippen LogP contribution in [0, 0.1) is 0 Å². The van der Waals surface area contributed by atoms with Crippen LogP contribution in [-0.2, 0) is 0 Å². The van der Waals surface area contributed by atoms with Gasteiger partial charge in [-0.05, 0) is 38.0 Å². The Balaban J connectivity index is 2.88. The third-order valence-corrected chi connectivity index (χ3v) is 2.35. The molecule has 14 heavy (non-hydrogen) atoms. The summed E-state index contributed by atoms with van der Waals surface area (Å²) in [6.45, 7) is 10.1. The van der Waals surface area contributed by atoms with Gasteiger partial charge in [0.15, 0.2) is 0 Å². The van der Waals surface area contributed by atoms with Crippen LogP contribution < -0.4 is 5.32 Å². The number of hydrogen-bond donors (Lipinski definition) is 1. The van der Waals surface area contributed by atoms with Crippen molar-refractivity contribution in [1.82, 2.24) is 5.32 Å². The van der Waals surface area contributed by atoms with E-state index in [-0.39, 0.29) is 0 Å². The van der Waals surface area contributed by atoms with Crippen molar-refractivity contribution in [3.05, 3.63) is 47.6 Å². The molecule has 1 N–H and O–H groups in total. The van der Waals surface area contributed by atoms with Crippen LogP contribution in [0.1, 0.15) is 20.3 Å². The van der Waals surface area contributed by atoms with Crippen LogP contribution in [0.25, 0.3) is 0 Å². The first-order valence-corrected chi connectivity index (χ1v) is 5.12. The molecule has 0 aromatic carbocycles. The molecule has 1 nitrogen and oxygen atoms in total. The van der Waals surface area contributed by atoms with E-state index in [0.29, 0.717) is 0 Å². The normalized spacial score (nSPS) is 16.6. The monoisotopic (exact) mass is 189 g/mol. The van der Waals surface area contributed by atoms with E-state index in [4.69, 9.17) is 0 Å². The van der Waals surface area contributed by atoms with Gasteiger partial charge in [-0.3, -0.25) is 0 Å². The molecule has 0 saturated carbocycles. The summed E-state index contributed by atoms with van der Waals surface area (Å²) in [4.78, 5) is 0. The minimum Gasteiger partial charge on any atom is -0.313 e. The molecule has 1 aliphatic rings. The average Bonchev–Trinajstić information content (AvgIpc) is 2.19. The molecule has 1 aliphatic heterocycles. The van der Waals surface area contributed by atoms with Gasteiger partial charge < -0.3 is 5.32 Å². The summed E-state index contributed by atoms with van der Waals surface area (Å²) in [6, 6.07) is 0. The van der Waals surface area contributed by atoms with Crippen molar-refractivity contribution in [3.63, 3.8) is 0 Å². The Hall–Kier alpha value is -1.08. The van der Waals surface area contributed by atoms with Crippen molar-refractivity contribution in [2.75, 3.05) is 13.1 Å². The fourth-order valence-electron chi connectivity index (χ4n) is 1.63. The van der Waals surface area contributed by atoms with Crippen molar-refractivity contribution in [2.45, 2.75) is 20.3 Å². The lowest BCUT2D eigenvalue weighted by Gasteiger charge is -2.16. The molecule has 0 saturated heterocycles. The highest BCUT2D eigenvalue weighted by Crippen LogP contribution is 2.20. The van der Waals surface area contributed by atoms with Gasteiger partial charge in [0, 0.05) is 6.54 Å². The Kier molecular flexibility index (Phi) is 4.41. The fourth-order valence-corrected chi connectivity index (χ4v) is 1.63. The van der Waals surface area contributed by atoms with Crippen LogP contribution in [0.3, 0.4) is 0 Å². The van der Waals surface area contributed by atoms with Crippen LogP contribution in [0.5, 0.6) is 0 Å². The Morgan fingerprint density at radius 1 is 1.50 bits per heavy atom. The summed E-state index contributed by atoms with van der Waals surface area (Å²) >= 11 is 0. The van der Waals surface area contributed by atoms with Crippen LogP contribution in [0.2, 0.25) is 0 Å². The Morgan fingerprint density at radius 2 is 2.29 bits per heavy atom. The maximum Gasteiger partial charge on any atom is 0.0140 e. The second kappa shape index (κ2) is 5.61. The molecule has 0 atom stereocenters. The topological polar surface area (TPSA) is 12.0 Å². The summed E-state index contributed by atoms with van der Waals surface area (Å²) in [5, 5.41) is 3.32. The van der Waals surface area contributed by atoms with Gasteiger partial charge in [-0.25, -0.2) is 0 Å². The molecule has 1 heterocycles. The van der Waals surface area contributed by atoms with Crippen LogP contribution in [0.4, 0.5) is 0 Å². The molecule has 0 aromatic rings. The number of hydrogen-bond acceptors (Lipinski definition) is 1. The molecular weight excluding hydrogens is 170 g/mol. The molecule has 0 spiro atoms. The SMILES string of the molecule is C=C/C=C\C(C1=CCNCC1)=C(C)C. The first-order valence-electron chi connectivity index (χ1n) is 5.12. The van der Waals surface area contributed by atoms with E-state index in [0.717, 1.165) is 19.5 Å². The summed E-state index contributed by atoms with van der Waals surface area (Å²) < 4.78 is 0. The average molecular weight is 189 g/mol. The Morgan fingerprint density at radius 3 is 2.79 bits per heavy atom. The predicted octanol–water partition coefficient (Wildman–Crippen LogP) is 2.98. The highest BCUT2D eigenvalue weighted by atomic mass is 14.8. The highest BCUT2D eigenvalue weighted by molar-refractivity contribution is 5.44. The summed E-state index contributed by atoms with van der Waals surface area (Å²) in [5.74, 6) is 0. The maximum atomic E-state index is 3.70. The van der Waals surface area contributed by atoms with Crippen LogP contribution in [-0.4, -0.2) is 13.1 Å². The third-order valence-electron chi connectivity index (χ3n) is 2.35. The zero-order chi connectivity index (χ0) is 10.4. The molecule has 0 aliphatic carbocycles. The number of nitrogens with one attached hydrogen (secondary N) is 1. The zero-order valence-electron chi connectivity index (χ0n) is 9.14. The third kappa shape index (κ3) is 3.00. The van der Waals surface area contributed by atoms with Gasteiger partial charge in [0.1, 0.15) is 0 Å². The predicted molar refractivity (Wildman–Crippen MR) is 63.3 cm³/mol. The molecule has 0 radical (unpaired) electrons. The van der Waals surface area contributed by atoms with Gasteiger partial charge in [-0.15, -0.1) is 0 Å². The Bertz CT molecular complexity index is 288. The molecule has 0 amide bonds. The summed E-state index contributed by atoms with van der Waals surface area (Å²) in [6.07, 6.45) is 9.39. The molecule has 76 valence electrons. The molecular formula is C13H19N. The number of rotatable bonds is 3. The van der Waals surface area contributed by atoms with Crippen molar-refractivity contribution in [2.24, 2.45) is 0 Å². The fraction of sp³-hybridized carbons (Fsp3) is 0.385. The second-order valence-electron chi connectivity index (χ2n) is 3.69. The van der Waals surface area contributed by atoms with E-state index in [1.165, 1.54) is 16.7 Å². The van der Waals surface area contributed by atoms with E-state index in [2.05, 4.69) is 37.9 Å². The van der Waals surface area contributed by atoms with Gasteiger partial charge >= 0.3 is 0 Å². The van der Waals surface area contributed by atoms with Crippen LogP contribution >= 0.6 is 0 Å². The van der Waals surface area contributed by atoms with E-state index >= 15 is 0 Å². The van der Waals surface area contributed by atoms with Crippen molar-refractivity contribution < 1.29 is 0 Å². The van der Waals surface area contributed by atoms with Gasteiger partial charge in [0.25, 0.3) is 0 Å². The van der Waals surface area contributed by atoms with E-state index < -0.39 is 0 Å². The molecule has 1 heteroatoms. The van der Waals surface area contributed by atoms with Crippen molar-refractivity contribution in [1.29, 1.82) is 0 Å². The molecule has 0 aromatic heterocycles. The first kappa shape index (κ1) is 11.0. The van der Waals surface area contributed by atoms with E-state index in [9.17, 15) is 0 Å². The molecule has 0 bridgehead atoms. The zero-order valence-corrected chi connectivity index (χ0v) is 9.14. The molecule has 1 rings (SSSR count). The lowest BCUT2D eigenvalue weighted by atomic mass is 9.96. The van der Waals surface area contributed by atoms with Gasteiger partial charge in [0.05, 0.1) is 0 Å². The van der Waals surface area contributed by atoms with Crippen molar-refractivity contribution in [3.8, 4) is 0 Å². The van der Waals surface area contributed by atoms with Crippen LogP contribution in [0.15, 0.2) is 47.6 Å². The molecule has 0 unspecified atom stereocenters. The quantitative estimate of drug-likeness (QED) is 0.673. The maximum absolute atomic E-state index is 3.70. The summed E-state index contributed by atoms with van der Waals surface area (Å²) in [7, 11) is 0. The second-order valence-corrected chi connectivity index (χ2v) is 3.69. The van der Waals surface area contributed by atoms with Gasteiger partial charge in [0.2, 0.25) is 0 Å². The minimum atomic E-state index is 0.994. The van der Waals surface area contributed by atoms with Gasteiger partial charge in [-0.1, -0.05) is 36.5 Å². The largest absolute Gasteiger partial charge is 0.313 e.